The molecule has 0 bridgehead atoms. The summed E-state index contributed by atoms with van der Waals surface area (Å²) in [7, 11) is 0. The molecule has 0 spiro atoms. The molecule has 1 unspecified atom stereocenters. The van der Waals surface area contributed by atoms with Gasteiger partial charge in [-0.05, 0) is 34.1 Å². The van der Waals surface area contributed by atoms with Crippen LogP contribution in [0.3, 0.4) is 0 Å². The van der Waals surface area contributed by atoms with Crippen LogP contribution in [0, 0.1) is 0 Å². The maximum atomic E-state index is 5.60. The summed E-state index contributed by atoms with van der Waals surface area (Å²) in [5, 5.41) is 3.43. The second-order valence-corrected chi connectivity index (χ2v) is 4.77. The third-order valence-electron chi connectivity index (χ3n) is 2.85. The van der Waals surface area contributed by atoms with E-state index in [0.29, 0.717) is 13.2 Å². The molecule has 1 aromatic carbocycles. The minimum absolute atomic E-state index is 0.245. The van der Waals surface area contributed by atoms with Crippen LogP contribution in [0.25, 0.3) is 0 Å². The number of hydrogen-bond acceptors (Lipinski definition) is 3. The molecule has 0 amide bonds. The number of rotatable bonds is 3. The van der Waals surface area contributed by atoms with Crippen LogP contribution in [0.5, 0.6) is 5.75 Å². The van der Waals surface area contributed by atoms with Crippen LogP contribution in [0.1, 0.15) is 17.4 Å². The van der Waals surface area contributed by atoms with Gasteiger partial charge in [-0.25, -0.2) is 0 Å². The normalized spacial score (nSPS) is 17.8. The third kappa shape index (κ3) is 2.23. The number of ether oxygens (including phenoxy) is 1. The van der Waals surface area contributed by atoms with E-state index < -0.39 is 0 Å². The first-order valence-electron chi connectivity index (χ1n) is 5.52. The highest BCUT2D eigenvalue weighted by atomic mass is 79.9. The van der Waals surface area contributed by atoms with Gasteiger partial charge in [0.05, 0.1) is 12.6 Å². The summed E-state index contributed by atoms with van der Waals surface area (Å²) in [6, 6.07) is 12.2. The van der Waals surface area contributed by atoms with Crippen molar-refractivity contribution in [2.24, 2.45) is 0 Å². The van der Waals surface area contributed by atoms with E-state index in [2.05, 4.69) is 27.3 Å². The summed E-state index contributed by atoms with van der Waals surface area (Å²) in [6.07, 6.45) is 0. The Labute approximate surface area is 108 Å². The highest BCUT2D eigenvalue weighted by molar-refractivity contribution is 9.10. The fourth-order valence-electron chi connectivity index (χ4n) is 2.00. The molecule has 0 radical (unpaired) electrons. The van der Waals surface area contributed by atoms with Crippen molar-refractivity contribution in [2.75, 3.05) is 6.61 Å². The zero-order valence-corrected chi connectivity index (χ0v) is 10.7. The quantitative estimate of drug-likeness (QED) is 0.943. The Kier molecular flexibility index (Phi) is 2.91. The largest absolute Gasteiger partial charge is 0.491 e. The highest BCUT2D eigenvalue weighted by Gasteiger charge is 2.22. The topological polar surface area (TPSA) is 34.4 Å². The molecular formula is C13H12BrNO2. The molecule has 3 rings (SSSR count). The van der Waals surface area contributed by atoms with Crippen molar-refractivity contribution in [3.05, 3.63) is 52.4 Å². The molecule has 88 valence electrons. The fraction of sp³-hybridized carbons (Fsp3) is 0.231. The molecule has 2 heterocycles. The van der Waals surface area contributed by atoms with Crippen LogP contribution in [-0.2, 0) is 6.54 Å². The lowest BCUT2D eigenvalue weighted by atomic mass is 10.1. The SMILES string of the molecule is Brc1ccc(CNC2COc3ccccc32)o1. The van der Waals surface area contributed by atoms with Gasteiger partial charge in [0, 0.05) is 5.56 Å². The Morgan fingerprint density at radius 3 is 2.94 bits per heavy atom. The van der Waals surface area contributed by atoms with E-state index in [9.17, 15) is 0 Å². The smallest absolute Gasteiger partial charge is 0.169 e. The average Bonchev–Trinajstić information content (AvgIpc) is 2.93. The zero-order chi connectivity index (χ0) is 11.7. The molecule has 0 aliphatic carbocycles. The Balaban J connectivity index is 1.68. The lowest BCUT2D eigenvalue weighted by Crippen LogP contribution is -2.21. The monoisotopic (exact) mass is 293 g/mol. The van der Waals surface area contributed by atoms with Crippen LogP contribution in [0.4, 0.5) is 0 Å². The van der Waals surface area contributed by atoms with Gasteiger partial charge in [-0.1, -0.05) is 18.2 Å². The molecule has 0 saturated carbocycles. The van der Waals surface area contributed by atoms with E-state index in [4.69, 9.17) is 9.15 Å². The Hall–Kier alpha value is -1.26. The molecule has 0 fully saturated rings. The van der Waals surface area contributed by atoms with Gasteiger partial charge < -0.3 is 9.15 Å². The molecule has 3 nitrogen and oxygen atoms in total. The van der Waals surface area contributed by atoms with Crippen LogP contribution in [0.2, 0.25) is 0 Å². The number of furan rings is 1. The number of hydrogen-bond donors (Lipinski definition) is 1. The van der Waals surface area contributed by atoms with Crippen molar-refractivity contribution < 1.29 is 9.15 Å². The molecule has 4 heteroatoms. The number of para-hydroxylation sites is 1. The first-order valence-corrected chi connectivity index (χ1v) is 6.31. The van der Waals surface area contributed by atoms with Crippen molar-refractivity contribution in [1.29, 1.82) is 0 Å². The summed E-state index contributed by atoms with van der Waals surface area (Å²) in [5.74, 6) is 1.90. The van der Waals surface area contributed by atoms with Gasteiger partial charge in [0.2, 0.25) is 0 Å². The molecule has 1 aromatic heterocycles. The first kappa shape index (κ1) is 10.9. The number of nitrogens with one attached hydrogen (secondary N) is 1. The predicted octanol–water partition coefficient (Wildman–Crippen LogP) is 3.27. The average molecular weight is 294 g/mol. The molecule has 0 saturated heterocycles. The van der Waals surface area contributed by atoms with Crippen molar-refractivity contribution in [2.45, 2.75) is 12.6 Å². The zero-order valence-electron chi connectivity index (χ0n) is 9.15. The Bertz CT molecular complexity index is 524. The fourth-order valence-corrected chi connectivity index (χ4v) is 2.34. The maximum Gasteiger partial charge on any atom is 0.169 e. The van der Waals surface area contributed by atoms with Crippen molar-refractivity contribution >= 4 is 15.9 Å². The molecule has 1 aliphatic heterocycles. The molecule has 2 aromatic rings. The van der Waals surface area contributed by atoms with Crippen LogP contribution >= 0.6 is 15.9 Å². The molecule has 1 N–H and O–H groups in total. The predicted molar refractivity (Wildman–Crippen MR) is 67.9 cm³/mol. The Morgan fingerprint density at radius 2 is 2.12 bits per heavy atom. The first-order chi connectivity index (χ1) is 8.33. The third-order valence-corrected chi connectivity index (χ3v) is 3.28. The van der Waals surface area contributed by atoms with Gasteiger partial charge in [-0.15, -0.1) is 0 Å². The van der Waals surface area contributed by atoms with E-state index in [1.54, 1.807) is 0 Å². The second kappa shape index (κ2) is 4.55. The van der Waals surface area contributed by atoms with Gasteiger partial charge in [-0.3, -0.25) is 5.32 Å². The van der Waals surface area contributed by atoms with Gasteiger partial charge >= 0.3 is 0 Å². The molecule has 1 atom stereocenters. The molecular weight excluding hydrogens is 282 g/mol. The van der Waals surface area contributed by atoms with E-state index in [-0.39, 0.29) is 6.04 Å². The van der Waals surface area contributed by atoms with Crippen molar-refractivity contribution in [3.8, 4) is 5.75 Å². The van der Waals surface area contributed by atoms with Crippen LogP contribution in [0.15, 0.2) is 45.5 Å². The van der Waals surface area contributed by atoms with Crippen molar-refractivity contribution in [1.82, 2.24) is 5.32 Å². The lowest BCUT2D eigenvalue weighted by molar-refractivity contribution is 0.306. The summed E-state index contributed by atoms with van der Waals surface area (Å²) < 4.78 is 11.8. The number of benzene rings is 1. The van der Waals surface area contributed by atoms with Gasteiger partial charge in [0.1, 0.15) is 18.1 Å². The Morgan fingerprint density at radius 1 is 1.24 bits per heavy atom. The second-order valence-electron chi connectivity index (χ2n) is 3.99. The minimum Gasteiger partial charge on any atom is -0.491 e. The molecule has 17 heavy (non-hydrogen) atoms. The van der Waals surface area contributed by atoms with E-state index >= 15 is 0 Å². The maximum absolute atomic E-state index is 5.60. The van der Waals surface area contributed by atoms with Gasteiger partial charge in [0.25, 0.3) is 0 Å². The van der Waals surface area contributed by atoms with Crippen LogP contribution in [-0.4, -0.2) is 6.61 Å². The summed E-state index contributed by atoms with van der Waals surface area (Å²) in [4.78, 5) is 0. The van der Waals surface area contributed by atoms with E-state index in [0.717, 1.165) is 16.2 Å². The number of halogens is 1. The molecule has 1 aliphatic rings. The lowest BCUT2D eigenvalue weighted by Gasteiger charge is -2.09. The van der Waals surface area contributed by atoms with E-state index in [1.165, 1.54) is 5.56 Å². The van der Waals surface area contributed by atoms with Crippen molar-refractivity contribution in [3.63, 3.8) is 0 Å². The summed E-state index contributed by atoms with van der Waals surface area (Å²) >= 11 is 3.29. The minimum atomic E-state index is 0.245. The standard InChI is InChI=1S/C13H12BrNO2/c14-13-6-5-9(17-13)7-15-11-8-16-12-4-2-1-3-10(11)12/h1-6,11,15H,7-8H2. The van der Waals surface area contributed by atoms with Gasteiger partial charge in [0.15, 0.2) is 4.67 Å². The summed E-state index contributed by atoms with van der Waals surface area (Å²) in [6.45, 7) is 1.38. The van der Waals surface area contributed by atoms with E-state index in [1.807, 2.05) is 30.3 Å². The summed E-state index contributed by atoms with van der Waals surface area (Å²) in [5.41, 5.74) is 1.22. The highest BCUT2D eigenvalue weighted by Crippen LogP contribution is 2.31. The number of fused-ring (bicyclic) bond motifs is 1. The van der Waals surface area contributed by atoms with Crippen LogP contribution < -0.4 is 10.1 Å². The van der Waals surface area contributed by atoms with Gasteiger partial charge in [-0.2, -0.15) is 0 Å².